The number of rotatable bonds is 2. The molecule has 2 aliphatic rings. The molecule has 0 radical (unpaired) electrons. The first kappa shape index (κ1) is 14.6. The summed E-state index contributed by atoms with van der Waals surface area (Å²) >= 11 is 6.00. The number of nitrogen functional groups attached to an aromatic ring is 1. The Hall–Kier alpha value is -1.30. The second-order valence-electron chi connectivity index (χ2n) is 5.54. The van der Waals surface area contributed by atoms with Crippen molar-refractivity contribution in [2.45, 2.75) is 12.5 Å². The van der Waals surface area contributed by atoms with Crippen LogP contribution in [0.3, 0.4) is 0 Å². The van der Waals surface area contributed by atoms with Gasteiger partial charge in [-0.1, -0.05) is 17.7 Å². The highest BCUT2D eigenvalue weighted by Crippen LogP contribution is 2.26. The molecule has 1 atom stereocenters. The second kappa shape index (κ2) is 6.22. The fourth-order valence-electron chi connectivity index (χ4n) is 3.06. The molecule has 0 bridgehead atoms. The summed E-state index contributed by atoms with van der Waals surface area (Å²) in [6, 6.07) is 5.64. The van der Waals surface area contributed by atoms with Crippen LogP contribution >= 0.6 is 11.6 Å². The highest BCUT2D eigenvalue weighted by molar-refractivity contribution is 6.33. The largest absolute Gasteiger partial charge is 0.397 e. The molecule has 2 N–H and O–H groups in total. The van der Waals surface area contributed by atoms with E-state index in [0.717, 1.165) is 45.8 Å². The summed E-state index contributed by atoms with van der Waals surface area (Å²) in [7, 11) is 0. The number of halogens is 1. The summed E-state index contributed by atoms with van der Waals surface area (Å²) in [4.78, 5) is 16.9. The van der Waals surface area contributed by atoms with Gasteiger partial charge in [-0.25, -0.2) is 0 Å². The molecule has 2 aliphatic heterocycles. The smallest absolute Gasteiger partial charge is 0.256 e. The topological polar surface area (TPSA) is 58.8 Å². The van der Waals surface area contributed by atoms with E-state index in [9.17, 15) is 4.79 Å². The minimum Gasteiger partial charge on any atom is -0.397 e. The van der Waals surface area contributed by atoms with Crippen LogP contribution in [0.15, 0.2) is 18.2 Å². The maximum atomic E-state index is 12.6. The molecule has 21 heavy (non-hydrogen) atoms. The normalized spacial score (nSPS) is 23.5. The van der Waals surface area contributed by atoms with Crippen molar-refractivity contribution >= 4 is 23.2 Å². The molecule has 1 aromatic rings. The first-order chi connectivity index (χ1) is 10.2. The summed E-state index contributed by atoms with van der Waals surface area (Å²) in [6.45, 7) is 4.99. The van der Waals surface area contributed by atoms with Gasteiger partial charge in [0.25, 0.3) is 5.91 Å². The Balaban J connectivity index is 1.68. The minimum absolute atomic E-state index is 0.0224. The lowest BCUT2D eigenvalue weighted by molar-refractivity contribution is 0.0185. The van der Waals surface area contributed by atoms with E-state index in [1.54, 1.807) is 18.2 Å². The van der Waals surface area contributed by atoms with E-state index in [2.05, 4.69) is 4.90 Å². The van der Waals surface area contributed by atoms with Crippen molar-refractivity contribution in [2.24, 2.45) is 0 Å². The van der Waals surface area contributed by atoms with Crippen LogP contribution in [0.4, 0.5) is 5.69 Å². The third-order valence-corrected chi connectivity index (χ3v) is 4.63. The van der Waals surface area contributed by atoms with Gasteiger partial charge in [-0.15, -0.1) is 0 Å². The van der Waals surface area contributed by atoms with Gasteiger partial charge in [0, 0.05) is 32.2 Å². The van der Waals surface area contributed by atoms with Gasteiger partial charge in [0.05, 0.1) is 29.5 Å². The number of carbonyl (C=O) groups excluding carboxylic acids is 1. The number of morpholine rings is 1. The van der Waals surface area contributed by atoms with E-state index < -0.39 is 0 Å². The Bertz CT molecular complexity index is 532. The van der Waals surface area contributed by atoms with Gasteiger partial charge in [0.1, 0.15) is 0 Å². The van der Waals surface area contributed by atoms with Crippen molar-refractivity contribution in [1.29, 1.82) is 0 Å². The van der Waals surface area contributed by atoms with E-state index >= 15 is 0 Å². The lowest BCUT2D eigenvalue weighted by atomic mass is 10.1. The zero-order chi connectivity index (χ0) is 14.8. The molecule has 3 rings (SSSR count). The first-order valence-electron chi connectivity index (χ1n) is 7.32. The third-order valence-electron chi connectivity index (χ3n) is 4.30. The highest BCUT2D eigenvalue weighted by Gasteiger charge is 2.32. The Morgan fingerprint density at radius 2 is 2.05 bits per heavy atom. The minimum atomic E-state index is -0.0224. The van der Waals surface area contributed by atoms with Gasteiger partial charge >= 0.3 is 0 Å². The third kappa shape index (κ3) is 3.00. The van der Waals surface area contributed by atoms with Crippen LogP contribution < -0.4 is 5.73 Å². The summed E-state index contributed by atoms with van der Waals surface area (Å²) < 4.78 is 5.38. The lowest BCUT2D eigenvalue weighted by Crippen LogP contribution is -2.45. The molecule has 0 spiro atoms. The van der Waals surface area contributed by atoms with Crippen LogP contribution in [0.2, 0.25) is 5.02 Å². The quantitative estimate of drug-likeness (QED) is 0.841. The number of hydrogen-bond donors (Lipinski definition) is 1. The van der Waals surface area contributed by atoms with Crippen molar-refractivity contribution < 1.29 is 9.53 Å². The van der Waals surface area contributed by atoms with Crippen molar-refractivity contribution in [3.05, 3.63) is 28.8 Å². The molecule has 1 amide bonds. The SMILES string of the molecule is Nc1c(Cl)cccc1C(=O)N1CCC(N2CCOCC2)C1. The van der Waals surface area contributed by atoms with E-state index in [0.29, 0.717) is 22.3 Å². The number of benzene rings is 1. The van der Waals surface area contributed by atoms with Crippen LogP contribution in [-0.2, 0) is 4.74 Å². The second-order valence-corrected chi connectivity index (χ2v) is 5.95. The summed E-state index contributed by atoms with van der Waals surface area (Å²) in [6.07, 6.45) is 1.01. The van der Waals surface area contributed by atoms with Gasteiger partial charge < -0.3 is 15.4 Å². The van der Waals surface area contributed by atoms with E-state index in [1.165, 1.54) is 0 Å². The predicted octanol–water partition coefficient (Wildman–Crippen LogP) is 1.47. The van der Waals surface area contributed by atoms with Gasteiger partial charge in [-0.2, -0.15) is 0 Å². The lowest BCUT2D eigenvalue weighted by Gasteiger charge is -2.32. The molecular weight excluding hydrogens is 290 g/mol. The summed E-state index contributed by atoms with van der Waals surface area (Å²) in [5.41, 5.74) is 6.80. The molecule has 114 valence electrons. The van der Waals surface area contributed by atoms with Gasteiger partial charge in [-0.05, 0) is 18.6 Å². The fraction of sp³-hybridized carbons (Fsp3) is 0.533. The molecule has 0 saturated carbocycles. The number of hydrogen-bond acceptors (Lipinski definition) is 4. The number of ether oxygens (including phenoxy) is 1. The number of para-hydroxylation sites is 1. The van der Waals surface area contributed by atoms with Gasteiger partial charge in [-0.3, -0.25) is 9.69 Å². The molecule has 2 heterocycles. The number of anilines is 1. The summed E-state index contributed by atoms with van der Waals surface area (Å²) in [5.74, 6) is -0.0224. The predicted molar refractivity (Wildman–Crippen MR) is 82.6 cm³/mol. The van der Waals surface area contributed by atoms with Crippen LogP contribution in [0.1, 0.15) is 16.8 Å². The van der Waals surface area contributed by atoms with Crippen LogP contribution in [0.25, 0.3) is 0 Å². The number of nitrogens with zero attached hydrogens (tertiary/aromatic N) is 2. The van der Waals surface area contributed by atoms with E-state index in [-0.39, 0.29) is 5.91 Å². The molecule has 1 aromatic carbocycles. The molecular formula is C15H20ClN3O2. The van der Waals surface area contributed by atoms with Crippen molar-refractivity contribution in [3.8, 4) is 0 Å². The molecule has 6 heteroatoms. The van der Waals surface area contributed by atoms with Crippen molar-refractivity contribution in [3.63, 3.8) is 0 Å². The fourth-order valence-corrected chi connectivity index (χ4v) is 3.24. The number of likely N-dealkylation sites (tertiary alicyclic amines) is 1. The van der Waals surface area contributed by atoms with Crippen molar-refractivity contribution in [2.75, 3.05) is 45.1 Å². The molecule has 0 aliphatic carbocycles. The maximum Gasteiger partial charge on any atom is 0.256 e. The van der Waals surface area contributed by atoms with Crippen molar-refractivity contribution in [1.82, 2.24) is 9.80 Å². The Morgan fingerprint density at radius 3 is 2.81 bits per heavy atom. The average molecular weight is 310 g/mol. The van der Waals surface area contributed by atoms with Gasteiger partial charge in [0.2, 0.25) is 0 Å². The molecule has 0 aromatic heterocycles. The Labute approximate surface area is 129 Å². The Kier molecular flexibility index (Phi) is 4.33. The molecule has 2 saturated heterocycles. The average Bonchev–Trinajstić information content (AvgIpc) is 3.00. The zero-order valence-corrected chi connectivity index (χ0v) is 12.7. The summed E-state index contributed by atoms with van der Waals surface area (Å²) in [5, 5.41) is 0.435. The zero-order valence-electron chi connectivity index (χ0n) is 11.9. The highest BCUT2D eigenvalue weighted by atomic mass is 35.5. The monoisotopic (exact) mass is 309 g/mol. The van der Waals surface area contributed by atoms with E-state index in [1.807, 2.05) is 4.90 Å². The van der Waals surface area contributed by atoms with Gasteiger partial charge in [0.15, 0.2) is 0 Å². The molecule has 2 fully saturated rings. The maximum absolute atomic E-state index is 12.6. The Morgan fingerprint density at radius 1 is 1.29 bits per heavy atom. The molecule has 5 nitrogen and oxygen atoms in total. The van der Waals surface area contributed by atoms with Crippen LogP contribution in [-0.4, -0.2) is 61.1 Å². The number of carbonyl (C=O) groups is 1. The standard InChI is InChI=1S/C15H20ClN3O2/c16-13-3-1-2-12(14(13)17)15(20)19-5-4-11(10-19)18-6-8-21-9-7-18/h1-3,11H,4-10,17H2. The molecule has 1 unspecified atom stereocenters. The first-order valence-corrected chi connectivity index (χ1v) is 7.69. The number of nitrogens with two attached hydrogens (primary N) is 1. The van der Waals surface area contributed by atoms with Crippen LogP contribution in [0, 0.1) is 0 Å². The van der Waals surface area contributed by atoms with Crippen LogP contribution in [0.5, 0.6) is 0 Å². The van der Waals surface area contributed by atoms with E-state index in [4.69, 9.17) is 22.1 Å². The number of amides is 1.